The molecule has 2 aliphatic rings. The molecule has 3 aromatic heterocycles. The zero-order chi connectivity index (χ0) is 19.8. The van der Waals surface area contributed by atoms with Gasteiger partial charge in [0.15, 0.2) is 17.3 Å². The monoisotopic (exact) mass is 387 g/mol. The van der Waals surface area contributed by atoms with Crippen molar-refractivity contribution in [3.05, 3.63) is 53.7 Å². The Morgan fingerprint density at radius 2 is 2.07 bits per heavy atom. The van der Waals surface area contributed by atoms with E-state index in [9.17, 15) is 5.26 Å². The first-order valence-electron chi connectivity index (χ1n) is 9.85. The van der Waals surface area contributed by atoms with Crippen LogP contribution in [0.25, 0.3) is 11.5 Å². The molecule has 8 nitrogen and oxygen atoms in total. The van der Waals surface area contributed by atoms with Crippen LogP contribution in [0.5, 0.6) is 0 Å². The Balaban J connectivity index is 1.33. The number of hydrogen-bond donors (Lipinski definition) is 0. The van der Waals surface area contributed by atoms with Crippen LogP contribution in [0.15, 0.2) is 41.2 Å². The summed E-state index contributed by atoms with van der Waals surface area (Å²) in [4.78, 5) is 17.8. The third kappa shape index (κ3) is 3.23. The van der Waals surface area contributed by atoms with E-state index in [4.69, 9.17) is 4.52 Å². The van der Waals surface area contributed by atoms with Crippen molar-refractivity contribution in [1.82, 2.24) is 25.0 Å². The maximum Gasteiger partial charge on any atom is 0.185 e. The molecule has 0 unspecified atom stereocenters. The van der Waals surface area contributed by atoms with Crippen LogP contribution < -0.4 is 4.90 Å². The highest BCUT2D eigenvalue weighted by Gasteiger charge is 2.40. The van der Waals surface area contributed by atoms with E-state index in [1.807, 2.05) is 31.2 Å². The van der Waals surface area contributed by atoms with E-state index in [0.29, 0.717) is 23.3 Å². The van der Waals surface area contributed by atoms with Crippen LogP contribution in [0, 0.1) is 18.3 Å². The molecule has 5 rings (SSSR count). The molecule has 8 heteroatoms. The summed E-state index contributed by atoms with van der Waals surface area (Å²) in [5.41, 5.74) is 3.13. The van der Waals surface area contributed by atoms with Gasteiger partial charge in [-0.2, -0.15) is 5.26 Å². The number of nitrogens with zero attached hydrogens (tertiary/aromatic N) is 7. The van der Waals surface area contributed by atoms with Crippen LogP contribution in [-0.4, -0.2) is 50.7 Å². The Bertz CT molecular complexity index is 1070. The van der Waals surface area contributed by atoms with Gasteiger partial charge in [0.1, 0.15) is 17.5 Å². The number of hydrogen-bond acceptors (Lipinski definition) is 8. The molecular weight excluding hydrogens is 366 g/mol. The van der Waals surface area contributed by atoms with Crippen LogP contribution in [0.4, 0.5) is 5.82 Å². The Hall–Kier alpha value is -3.31. The fourth-order valence-electron chi connectivity index (χ4n) is 4.45. The van der Waals surface area contributed by atoms with Gasteiger partial charge in [0.25, 0.3) is 0 Å². The van der Waals surface area contributed by atoms with Crippen molar-refractivity contribution in [3.8, 4) is 17.5 Å². The van der Waals surface area contributed by atoms with Crippen LogP contribution in [-0.2, 0) is 0 Å². The molecule has 29 heavy (non-hydrogen) atoms. The largest absolute Gasteiger partial charge is 0.354 e. The van der Waals surface area contributed by atoms with Crippen molar-refractivity contribution in [2.45, 2.75) is 31.8 Å². The minimum absolute atomic E-state index is 0.252. The topological polar surface area (TPSA) is 95.0 Å². The Labute approximate surface area is 168 Å². The van der Waals surface area contributed by atoms with E-state index in [-0.39, 0.29) is 6.04 Å². The fourth-order valence-corrected chi connectivity index (χ4v) is 4.45. The van der Waals surface area contributed by atoms with Crippen LogP contribution in [0.2, 0.25) is 0 Å². The second-order valence-corrected chi connectivity index (χ2v) is 7.55. The van der Waals surface area contributed by atoms with Crippen molar-refractivity contribution in [2.75, 3.05) is 24.5 Å². The molecule has 0 aromatic carbocycles. The minimum Gasteiger partial charge on any atom is -0.354 e. The molecule has 0 radical (unpaired) electrons. The third-order valence-corrected chi connectivity index (χ3v) is 5.80. The molecule has 3 aromatic rings. The predicted molar refractivity (Wildman–Crippen MR) is 106 cm³/mol. The van der Waals surface area contributed by atoms with E-state index in [1.54, 1.807) is 12.4 Å². The lowest BCUT2D eigenvalue weighted by Crippen LogP contribution is -2.51. The summed E-state index contributed by atoms with van der Waals surface area (Å²) < 4.78 is 5.61. The standard InChI is InChI=1S/C21H21N7O/c1-14-3-2-4-16(25-14)20-11-17(26-29-20)19-6-5-15-13-27(9-10-28(15)19)21-18(12-22)23-7-8-24-21/h2-4,7-8,11,15,19H,5-6,9-10,13H2,1H3/t15-,19+/m0/s1. The summed E-state index contributed by atoms with van der Waals surface area (Å²) in [6.45, 7) is 4.51. The zero-order valence-corrected chi connectivity index (χ0v) is 16.2. The molecule has 2 saturated heterocycles. The predicted octanol–water partition coefficient (Wildman–Crippen LogP) is 2.73. The molecule has 0 amide bonds. The molecule has 0 saturated carbocycles. The normalized spacial score (nSPS) is 21.7. The number of nitriles is 1. The van der Waals surface area contributed by atoms with Crippen molar-refractivity contribution >= 4 is 5.82 Å². The summed E-state index contributed by atoms with van der Waals surface area (Å²) in [5.74, 6) is 1.40. The molecule has 0 N–H and O–H groups in total. The van der Waals surface area contributed by atoms with Crippen LogP contribution in [0.3, 0.4) is 0 Å². The van der Waals surface area contributed by atoms with Gasteiger partial charge in [-0.1, -0.05) is 11.2 Å². The van der Waals surface area contributed by atoms with Gasteiger partial charge in [-0.05, 0) is 31.9 Å². The maximum absolute atomic E-state index is 9.33. The number of piperazine rings is 1. The van der Waals surface area contributed by atoms with Gasteiger partial charge in [-0.15, -0.1) is 0 Å². The van der Waals surface area contributed by atoms with E-state index < -0.39 is 0 Å². The lowest BCUT2D eigenvalue weighted by molar-refractivity contribution is 0.170. The first kappa shape index (κ1) is 17.8. The quantitative estimate of drug-likeness (QED) is 0.677. The first-order valence-corrected chi connectivity index (χ1v) is 9.85. The zero-order valence-electron chi connectivity index (χ0n) is 16.2. The number of rotatable bonds is 3. The van der Waals surface area contributed by atoms with Crippen molar-refractivity contribution < 1.29 is 4.52 Å². The lowest BCUT2D eigenvalue weighted by Gasteiger charge is -2.40. The summed E-state index contributed by atoms with van der Waals surface area (Å²) in [6.07, 6.45) is 5.33. The number of anilines is 1. The number of pyridine rings is 1. The van der Waals surface area contributed by atoms with E-state index in [1.165, 1.54) is 0 Å². The molecule has 0 spiro atoms. The fraction of sp³-hybridized carbons (Fsp3) is 0.381. The molecule has 0 bridgehead atoms. The van der Waals surface area contributed by atoms with E-state index in [2.05, 4.69) is 36.0 Å². The summed E-state index contributed by atoms with van der Waals surface area (Å²) in [5, 5.41) is 13.7. The minimum atomic E-state index is 0.252. The van der Waals surface area contributed by atoms with Gasteiger partial charge in [0.2, 0.25) is 0 Å². The molecule has 2 aliphatic heterocycles. The Kier molecular flexibility index (Phi) is 4.45. The molecule has 0 aliphatic carbocycles. The highest BCUT2D eigenvalue weighted by molar-refractivity contribution is 5.53. The van der Waals surface area contributed by atoms with Crippen molar-refractivity contribution in [2.24, 2.45) is 0 Å². The van der Waals surface area contributed by atoms with Crippen molar-refractivity contribution in [1.29, 1.82) is 5.26 Å². The van der Waals surface area contributed by atoms with Gasteiger partial charge >= 0.3 is 0 Å². The molecule has 2 fully saturated rings. The molecule has 146 valence electrons. The summed E-state index contributed by atoms with van der Waals surface area (Å²) >= 11 is 0. The molecular formula is C21H21N7O. The summed E-state index contributed by atoms with van der Waals surface area (Å²) in [7, 11) is 0. The van der Waals surface area contributed by atoms with Gasteiger partial charge < -0.3 is 9.42 Å². The third-order valence-electron chi connectivity index (χ3n) is 5.80. The number of aryl methyl sites for hydroxylation is 1. The second-order valence-electron chi connectivity index (χ2n) is 7.55. The smallest absolute Gasteiger partial charge is 0.185 e. The average molecular weight is 387 g/mol. The lowest BCUT2D eigenvalue weighted by atomic mass is 10.1. The second kappa shape index (κ2) is 7.26. The number of fused-ring (bicyclic) bond motifs is 1. The van der Waals surface area contributed by atoms with E-state index >= 15 is 0 Å². The van der Waals surface area contributed by atoms with Crippen LogP contribution >= 0.6 is 0 Å². The van der Waals surface area contributed by atoms with Gasteiger partial charge in [-0.3, -0.25) is 4.90 Å². The van der Waals surface area contributed by atoms with E-state index in [0.717, 1.165) is 49.6 Å². The van der Waals surface area contributed by atoms with Crippen molar-refractivity contribution in [3.63, 3.8) is 0 Å². The highest BCUT2D eigenvalue weighted by Crippen LogP contribution is 2.39. The SMILES string of the molecule is Cc1cccc(-c2cc([C@H]3CC[C@H]4CN(c5nccnc5C#N)CCN43)no2)n1. The maximum atomic E-state index is 9.33. The van der Waals surface area contributed by atoms with Crippen LogP contribution in [0.1, 0.15) is 36.0 Å². The highest BCUT2D eigenvalue weighted by atomic mass is 16.5. The Morgan fingerprint density at radius 3 is 2.93 bits per heavy atom. The van der Waals surface area contributed by atoms with Gasteiger partial charge in [0.05, 0.1) is 6.04 Å². The molecule has 5 heterocycles. The Morgan fingerprint density at radius 1 is 1.17 bits per heavy atom. The molecule has 2 atom stereocenters. The number of aromatic nitrogens is 4. The summed E-state index contributed by atoms with van der Waals surface area (Å²) in [6, 6.07) is 10.7. The van der Waals surface area contributed by atoms with Gasteiger partial charge in [0, 0.05) is 49.8 Å². The first-order chi connectivity index (χ1) is 14.2. The van der Waals surface area contributed by atoms with Gasteiger partial charge in [-0.25, -0.2) is 15.0 Å². The average Bonchev–Trinajstić information content (AvgIpc) is 3.40.